The molecule has 1 unspecified atom stereocenters. The highest BCUT2D eigenvalue weighted by Crippen LogP contribution is 2.09. The molecule has 0 radical (unpaired) electrons. The average molecular weight is 299 g/mol. The van der Waals surface area contributed by atoms with E-state index in [0.717, 1.165) is 5.92 Å². The Hall–Kier alpha value is 0.500. The van der Waals surface area contributed by atoms with Gasteiger partial charge in [-0.15, -0.1) is 24.8 Å². The number of piperidine rings is 1. The van der Waals surface area contributed by atoms with Crippen LogP contribution in [0.5, 0.6) is 0 Å². The fourth-order valence-corrected chi connectivity index (χ4v) is 2.37. The van der Waals surface area contributed by atoms with E-state index in [1.807, 2.05) is 0 Å². The van der Waals surface area contributed by atoms with E-state index in [2.05, 4.69) is 31.0 Å². The Morgan fingerprint density at radius 1 is 1.06 bits per heavy atom. The molecule has 1 rings (SSSR count). The van der Waals surface area contributed by atoms with Gasteiger partial charge in [0, 0.05) is 12.6 Å². The molecular weight excluding hydrogens is 267 g/mol. The highest BCUT2D eigenvalue weighted by molar-refractivity contribution is 5.85. The summed E-state index contributed by atoms with van der Waals surface area (Å²) in [6.07, 6.45) is 6.81. The zero-order chi connectivity index (χ0) is 11.8. The highest BCUT2D eigenvalue weighted by atomic mass is 35.5. The SMILES string of the molecule is CCC(CN1CCCCC1)NCCC(C)C.Cl.Cl. The minimum atomic E-state index is 0. The molecule has 1 heterocycles. The van der Waals surface area contributed by atoms with Crippen LogP contribution < -0.4 is 5.32 Å². The van der Waals surface area contributed by atoms with Crippen molar-refractivity contribution in [1.29, 1.82) is 0 Å². The number of nitrogens with zero attached hydrogens (tertiary/aromatic N) is 1. The van der Waals surface area contributed by atoms with Crippen molar-refractivity contribution < 1.29 is 0 Å². The van der Waals surface area contributed by atoms with Gasteiger partial charge in [0.25, 0.3) is 0 Å². The van der Waals surface area contributed by atoms with Crippen molar-refractivity contribution in [1.82, 2.24) is 10.2 Å². The van der Waals surface area contributed by atoms with E-state index in [1.165, 1.54) is 58.3 Å². The zero-order valence-electron chi connectivity index (χ0n) is 12.3. The van der Waals surface area contributed by atoms with Crippen LogP contribution in [0.3, 0.4) is 0 Å². The molecule has 0 amide bonds. The van der Waals surface area contributed by atoms with Crippen molar-refractivity contribution >= 4 is 24.8 Å². The Balaban J connectivity index is 0. The maximum absolute atomic E-state index is 3.71. The van der Waals surface area contributed by atoms with Crippen molar-refractivity contribution in [3.05, 3.63) is 0 Å². The summed E-state index contributed by atoms with van der Waals surface area (Å²) < 4.78 is 0. The molecule has 0 aliphatic carbocycles. The number of likely N-dealkylation sites (tertiary alicyclic amines) is 1. The molecule has 0 spiro atoms. The van der Waals surface area contributed by atoms with Crippen LogP contribution in [0.15, 0.2) is 0 Å². The Morgan fingerprint density at radius 3 is 2.17 bits per heavy atom. The quantitative estimate of drug-likeness (QED) is 0.770. The Kier molecular flexibility index (Phi) is 14.5. The first-order chi connectivity index (χ1) is 7.72. The topological polar surface area (TPSA) is 15.3 Å². The van der Waals surface area contributed by atoms with Gasteiger partial charge in [-0.05, 0) is 51.2 Å². The summed E-state index contributed by atoms with van der Waals surface area (Å²) in [4.78, 5) is 2.64. The van der Waals surface area contributed by atoms with E-state index in [0.29, 0.717) is 6.04 Å². The van der Waals surface area contributed by atoms with Gasteiger partial charge in [0.1, 0.15) is 0 Å². The van der Waals surface area contributed by atoms with E-state index in [9.17, 15) is 0 Å². The Morgan fingerprint density at radius 2 is 1.67 bits per heavy atom. The molecule has 0 bridgehead atoms. The third kappa shape index (κ3) is 9.43. The lowest BCUT2D eigenvalue weighted by atomic mass is 10.1. The van der Waals surface area contributed by atoms with Crippen LogP contribution in [0, 0.1) is 5.92 Å². The van der Waals surface area contributed by atoms with Crippen molar-refractivity contribution in [2.75, 3.05) is 26.2 Å². The summed E-state index contributed by atoms with van der Waals surface area (Å²) in [6, 6.07) is 0.705. The fourth-order valence-electron chi connectivity index (χ4n) is 2.37. The molecule has 1 fully saturated rings. The molecule has 1 saturated heterocycles. The molecular formula is C14H32Cl2N2. The number of hydrogen-bond donors (Lipinski definition) is 1. The largest absolute Gasteiger partial charge is 0.313 e. The van der Waals surface area contributed by atoms with Gasteiger partial charge in [0.15, 0.2) is 0 Å². The predicted molar refractivity (Wildman–Crippen MR) is 86.3 cm³/mol. The summed E-state index contributed by atoms with van der Waals surface area (Å²) in [5.74, 6) is 0.819. The van der Waals surface area contributed by atoms with E-state index < -0.39 is 0 Å². The summed E-state index contributed by atoms with van der Waals surface area (Å²) in [5, 5.41) is 3.71. The van der Waals surface area contributed by atoms with Crippen molar-refractivity contribution in [2.24, 2.45) is 5.92 Å². The molecule has 1 aliphatic rings. The lowest BCUT2D eigenvalue weighted by Crippen LogP contribution is -2.43. The molecule has 112 valence electrons. The molecule has 2 nitrogen and oxygen atoms in total. The smallest absolute Gasteiger partial charge is 0.0192 e. The number of hydrogen-bond acceptors (Lipinski definition) is 2. The third-order valence-corrected chi connectivity index (χ3v) is 3.57. The summed E-state index contributed by atoms with van der Waals surface area (Å²) in [5.41, 5.74) is 0. The minimum Gasteiger partial charge on any atom is -0.313 e. The summed E-state index contributed by atoms with van der Waals surface area (Å²) in [7, 11) is 0. The lowest BCUT2D eigenvalue weighted by molar-refractivity contribution is 0.202. The van der Waals surface area contributed by atoms with Crippen LogP contribution in [0.4, 0.5) is 0 Å². The van der Waals surface area contributed by atoms with Gasteiger partial charge in [-0.3, -0.25) is 0 Å². The summed E-state index contributed by atoms with van der Waals surface area (Å²) in [6.45, 7) is 12.0. The molecule has 0 saturated carbocycles. The molecule has 0 aromatic carbocycles. The molecule has 0 aromatic rings. The van der Waals surface area contributed by atoms with Gasteiger partial charge in [-0.1, -0.05) is 27.2 Å². The standard InChI is InChI=1S/C14H30N2.2ClH/c1-4-14(15-9-8-13(2)3)12-16-10-6-5-7-11-16;;/h13-15H,4-12H2,1-3H3;2*1H. The molecule has 1 N–H and O–H groups in total. The average Bonchev–Trinajstić information content (AvgIpc) is 2.28. The fraction of sp³-hybridized carbons (Fsp3) is 1.00. The van der Waals surface area contributed by atoms with E-state index in [1.54, 1.807) is 0 Å². The Labute approximate surface area is 126 Å². The zero-order valence-corrected chi connectivity index (χ0v) is 13.9. The van der Waals surface area contributed by atoms with E-state index in [4.69, 9.17) is 0 Å². The monoisotopic (exact) mass is 298 g/mol. The van der Waals surface area contributed by atoms with Crippen LogP contribution in [-0.2, 0) is 0 Å². The first-order valence-electron chi connectivity index (χ1n) is 7.18. The maximum Gasteiger partial charge on any atom is 0.0192 e. The number of halogens is 2. The van der Waals surface area contributed by atoms with Gasteiger partial charge in [-0.2, -0.15) is 0 Å². The van der Waals surface area contributed by atoms with E-state index >= 15 is 0 Å². The van der Waals surface area contributed by atoms with Crippen LogP contribution in [0.1, 0.15) is 52.9 Å². The second-order valence-corrected chi connectivity index (χ2v) is 5.60. The van der Waals surface area contributed by atoms with Crippen molar-refractivity contribution in [3.63, 3.8) is 0 Å². The molecule has 1 atom stereocenters. The van der Waals surface area contributed by atoms with Gasteiger partial charge in [-0.25, -0.2) is 0 Å². The van der Waals surface area contributed by atoms with Gasteiger partial charge in [0.05, 0.1) is 0 Å². The first kappa shape index (κ1) is 20.8. The van der Waals surface area contributed by atoms with Gasteiger partial charge >= 0.3 is 0 Å². The lowest BCUT2D eigenvalue weighted by Gasteiger charge is -2.30. The first-order valence-corrected chi connectivity index (χ1v) is 7.18. The molecule has 0 aromatic heterocycles. The van der Waals surface area contributed by atoms with Gasteiger partial charge in [0.2, 0.25) is 0 Å². The van der Waals surface area contributed by atoms with Gasteiger partial charge < -0.3 is 10.2 Å². The van der Waals surface area contributed by atoms with Crippen molar-refractivity contribution in [3.8, 4) is 0 Å². The number of rotatable bonds is 7. The van der Waals surface area contributed by atoms with Crippen LogP contribution in [0.2, 0.25) is 0 Å². The van der Waals surface area contributed by atoms with Crippen LogP contribution >= 0.6 is 24.8 Å². The number of nitrogens with one attached hydrogen (secondary N) is 1. The highest BCUT2D eigenvalue weighted by Gasteiger charge is 2.14. The normalized spacial score (nSPS) is 18.0. The molecule has 4 heteroatoms. The van der Waals surface area contributed by atoms with Crippen molar-refractivity contribution in [2.45, 2.75) is 58.9 Å². The predicted octanol–water partition coefficient (Wildman–Crippen LogP) is 3.73. The maximum atomic E-state index is 3.71. The van der Waals surface area contributed by atoms with E-state index in [-0.39, 0.29) is 24.8 Å². The second kappa shape index (κ2) is 12.5. The van der Waals surface area contributed by atoms with Crippen LogP contribution in [0.25, 0.3) is 0 Å². The summed E-state index contributed by atoms with van der Waals surface area (Å²) >= 11 is 0. The Bertz CT molecular complexity index is 171. The molecule has 18 heavy (non-hydrogen) atoms. The third-order valence-electron chi connectivity index (χ3n) is 3.57. The van der Waals surface area contributed by atoms with Crippen LogP contribution in [-0.4, -0.2) is 37.1 Å². The second-order valence-electron chi connectivity index (χ2n) is 5.60. The minimum absolute atomic E-state index is 0. The molecule has 1 aliphatic heterocycles.